The predicted molar refractivity (Wildman–Crippen MR) is 86.7 cm³/mol. The molecule has 0 radical (unpaired) electrons. The minimum absolute atomic E-state index is 0.177. The molecule has 3 heterocycles. The molecule has 2 aromatic heterocycles. The third-order valence-corrected chi connectivity index (χ3v) is 6.64. The van der Waals surface area contributed by atoms with Crippen molar-refractivity contribution in [2.24, 2.45) is 11.8 Å². The summed E-state index contributed by atoms with van der Waals surface area (Å²) in [6, 6.07) is 1.80. The van der Waals surface area contributed by atoms with Gasteiger partial charge in [0, 0.05) is 24.8 Å². The summed E-state index contributed by atoms with van der Waals surface area (Å²) in [5.41, 5.74) is 0.644. The van der Waals surface area contributed by atoms with Gasteiger partial charge in [0.2, 0.25) is 10.0 Å². The molecule has 2 aromatic rings. The maximum atomic E-state index is 11.7. The van der Waals surface area contributed by atoms with E-state index < -0.39 is 15.6 Å². The quantitative estimate of drug-likeness (QED) is 0.885. The molecular formula is C15H18ClN3O3S. The Balaban J connectivity index is 1.68. The van der Waals surface area contributed by atoms with Gasteiger partial charge in [-0.3, -0.25) is 0 Å². The monoisotopic (exact) mass is 355 g/mol. The number of aromatic nitrogens is 2. The van der Waals surface area contributed by atoms with Crippen LogP contribution in [0, 0.1) is 11.8 Å². The van der Waals surface area contributed by atoms with Crippen molar-refractivity contribution in [1.29, 1.82) is 0 Å². The van der Waals surface area contributed by atoms with Crippen molar-refractivity contribution in [3.05, 3.63) is 35.4 Å². The molecule has 124 valence electrons. The lowest BCUT2D eigenvalue weighted by atomic mass is 9.90. The van der Waals surface area contributed by atoms with Gasteiger partial charge in [-0.15, -0.1) is 0 Å². The highest BCUT2D eigenvalue weighted by molar-refractivity contribution is 7.88. The van der Waals surface area contributed by atoms with Gasteiger partial charge in [0.1, 0.15) is 0 Å². The SMILES string of the molecule is CS(=O)(=O)N1C[C@@H]2CC(O)(c3cc(Cl)cn4cncc34)C[C@@H]2C1. The molecule has 1 saturated carbocycles. The molecule has 2 fully saturated rings. The van der Waals surface area contributed by atoms with Gasteiger partial charge < -0.3 is 9.51 Å². The Hall–Kier alpha value is -1.15. The molecule has 8 heteroatoms. The Morgan fingerprint density at radius 1 is 1.35 bits per heavy atom. The zero-order chi connectivity index (χ0) is 16.4. The highest BCUT2D eigenvalue weighted by Crippen LogP contribution is 2.50. The fourth-order valence-electron chi connectivity index (χ4n) is 4.17. The summed E-state index contributed by atoms with van der Waals surface area (Å²) in [4.78, 5) is 4.13. The molecule has 6 nitrogen and oxygen atoms in total. The van der Waals surface area contributed by atoms with Gasteiger partial charge in [-0.2, -0.15) is 0 Å². The normalized spacial score (nSPS) is 31.8. The van der Waals surface area contributed by atoms with Gasteiger partial charge >= 0.3 is 0 Å². The molecule has 1 aliphatic carbocycles. The van der Waals surface area contributed by atoms with Crippen LogP contribution in [0.3, 0.4) is 0 Å². The summed E-state index contributed by atoms with van der Waals surface area (Å²) < 4.78 is 26.8. The van der Waals surface area contributed by atoms with Crippen molar-refractivity contribution >= 4 is 27.1 Å². The first-order valence-electron chi connectivity index (χ1n) is 7.55. The Labute approximate surface area is 139 Å². The molecule has 1 N–H and O–H groups in total. The Morgan fingerprint density at radius 3 is 2.61 bits per heavy atom. The summed E-state index contributed by atoms with van der Waals surface area (Å²) >= 11 is 6.18. The zero-order valence-electron chi connectivity index (χ0n) is 12.7. The van der Waals surface area contributed by atoms with Crippen LogP contribution in [0.15, 0.2) is 24.8 Å². The van der Waals surface area contributed by atoms with Crippen LogP contribution in [0.2, 0.25) is 5.02 Å². The first-order valence-corrected chi connectivity index (χ1v) is 9.78. The number of imidazole rings is 1. The standard InChI is InChI=1S/C15H18ClN3O3S/c1-23(21,22)19-6-10-3-15(20,4-11(10)7-19)13-2-12(16)8-18-9-17-5-14(13)18/h2,5,8-11,20H,3-4,6-7H2,1H3/t10-,11+,15?. The van der Waals surface area contributed by atoms with Crippen LogP contribution in [0.1, 0.15) is 18.4 Å². The maximum absolute atomic E-state index is 11.7. The van der Waals surface area contributed by atoms with Crippen molar-refractivity contribution in [3.63, 3.8) is 0 Å². The molecule has 23 heavy (non-hydrogen) atoms. The lowest BCUT2D eigenvalue weighted by Gasteiger charge is -2.26. The lowest BCUT2D eigenvalue weighted by Crippen LogP contribution is -2.32. The van der Waals surface area contributed by atoms with Crippen LogP contribution >= 0.6 is 11.6 Å². The van der Waals surface area contributed by atoms with Crippen LogP contribution in [0.25, 0.3) is 5.52 Å². The minimum Gasteiger partial charge on any atom is -0.385 e. The Morgan fingerprint density at radius 2 is 2.00 bits per heavy atom. The molecule has 0 amide bonds. The van der Waals surface area contributed by atoms with Crippen LogP contribution in [-0.4, -0.2) is 46.6 Å². The van der Waals surface area contributed by atoms with E-state index in [4.69, 9.17) is 11.6 Å². The summed E-state index contributed by atoms with van der Waals surface area (Å²) in [6.45, 7) is 0.976. The fraction of sp³-hybridized carbons (Fsp3) is 0.533. The van der Waals surface area contributed by atoms with Crippen LogP contribution < -0.4 is 0 Å². The number of hydrogen-bond donors (Lipinski definition) is 1. The highest BCUT2D eigenvalue weighted by atomic mass is 35.5. The molecule has 1 saturated heterocycles. The topological polar surface area (TPSA) is 74.9 Å². The summed E-state index contributed by atoms with van der Waals surface area (Å²) in [6.07, 6.45) is 7.48. The third-order valence-electron chi connectivity index (χ3n) is 5.20. The predicted octanol–water partition coefficient (Wildman–Crippen LogP) is 1.48. The van der Waals surface area contributed by atoms with E-state index in [1.807, 2.05) is 4.40 Å². The van der Waals surface area contributed by atoms with Crippen molar-refractivity contribution < 1.29 is 13.5 Å². The molecule has 2 aliphatic rings. The van der Waals surface area contributed by atoms with Gasteiger partial charge in [-0.25, -0.2) is 17.7 Å². The first-order chi connectivity index (χ1) is 10.8. The van der Waals surface area contributed by atoms with E-state index in [0.29, 0.717) is 31.0 Å². The summed E-state index contributed by atoms with van der Waals surface area (Å²) in [5, 5.41) is 11.8. The van der Waals surface area contributed by atoms with E-state index >= 15 is 0 Å². The fourth-order valence-corrected chi connectivity index (χ4v) is 5.31. The van der Waals surface area contributed by atoms with Crippen LogP contribution in [0.4, 0.5) is 0 Å². The molecule has 4 rings (SSSR count). The average molecular weight is 356 g/mol. The van der Waals surface area contributed by atoms with Crippen molar-refractivity contribution in [2.75, 3.05) is 19.3 Å². The van der Waals surface area contributed by atoms with Gasteiger partial charge in [-0.1, -0.05) is 11.6 Å². The van der Waals surface area contributed by atoms with Crippen LogP contribution in [0.5, 0.6) is 0 Å². The van der Waals surface area contributed by atoms with E-state index in [-0.39, 0.29) is 11.8 Å². The second-order valence-corrected chi connectivity index (χ2v) is 9.22. The van der Waals surface area contributed by atoms with Crippen LogP contribution in [-0.2, 0) is 15.6 Å². The van der Waals surface area contributed by atoms with E-state index in [9.17, 15) is 13.5 Å². The van der Waals surface area contributed by atoms with Gasteiger partial charge in [0.25, 0.3) is 0 Å². The minimum atomic E-state index is -3.16. The van der Waals surface area contributed by atoms with Crippen molar-refractivity contribution in [2.45, 2.75) is 18.4 Å². The first kappa shape index (κ1) is 15.4. The van der Waals surface area contributed by atoms with Gasteiger partial charge in [-0.05, 0) is 30.7 Å². The van der Waals surface area contributed by atoms with Crippen molar-refractivity contribution in [3.8, 4) is 0 Å². The number of nitrogens with zero attached hydrogens (tertiary/aromatic N) is 3. The van der Waals surface area contributed by atoms with Gasteiger partial charge in [0.15, 0.2) is 0 Å². The molecular weight excluding hydrogens is 338 g/mol. The molecule has 3 atom stereocenters. The molecule has 0 aromatic carbocycles. The second kappa shape index (κ2) is 4.92. The highest BCUT2D eigenvalue weighted by Gasteiger charge is 2.51. The van der Waals surface area contributed by atoms with Crippen molar-refractivity contribution in [1.82, 2.24) is 13.7 Å². The molecule has 1 aliphatic heterocycles. The number of hydrogen-bond acceptors (Lipinski definition) is 4. The van der Waals surface area contributed by atoms with E-state index in [1.54, 1.807) is 24.8 Å². The Kier molecular flexibility index (Phi) is 3.29. The number of sulfonamides is 1. The number of halogens is 1. The zero-order valence-corrected chi connectivity index (χ0v) is 14.3. The van der Waals surface area contributed by atoms with E-state index in [1.165, 1.54) is 10.6 Å². The van der Waals surface area contributed by atoms with E-state index in [2.05, 4.69) is 4.98 Å². The summed E-state index contributed by atoms with van der Waals surface area (Å²) in [7, 11) is -3.16. The molecule has 0 spiro atoms. The van der Waals surface area contributed by atoms with Gasteiger partial charge in [0.05, 0.1) is 34.9 Å². The third kappa shape index (κ3) is 2.46. The number of pyridine rings is 1. The number of aliphatic hydroxyl groups is 1. The number of fused-ring (bicyclic) bond motifs is 2. The maximum Gasteiger partial charge on any atom is 0.211 e. The van der Waals surface area contributed by atoms with E-state index in [0.717, 1.165) is 11.1 Å². The molecule has 1 unspecified atom stereocenters. The average Bonchev–Trinajstić information content (AvgIpc) is 3.09. The molecule has 0 bridgehead atoms. The lowest BCUT2D eigenvalue weighted by molar-refractivity contribution is 0.0350. The second-order valence-electron chi connectivity index (χ2n) is 6.80. The summed E-state index contributed by atoms with van der Waals surface area (Å²) in [5.74, 6) is 0.355. The largest absolute Gasteiger partial charge is 0.385 e. The Bertz CT molecular complexity index is 865. The smallest absolute Gasteiger partial charge is 0.211 e. The number of rotatable bonds is 2.